The molecule has 126 valence electrons. The molecule has 0 saturated carbocycles. The number of benzene rings is 2. The minimum absolute atomic E-state index is 0.00673. The Morgan fingerprint density at radius 1 is 1.20 bits per heavy atom. The Hall–Kier alpha value is -3.00. The van der Waals surface area contributed by atoms with E-state index in [1.165, 1.54) is 30.1 Å². The number of carbonyl (C=O) groups is 1. The highest BCUT2D eigenvalue weighted by molar-refractivity contribution is 8.15. The number of amides is 1. The van der Waals surface area contributed by atoms with Gasteiger partial charge in [-0.05, 0) is 5.56 Å². The third-order valence-corrected chi connectivity index (χ3v) is 4.42. The van der Waals surface area contributed by atoms with Gasteiger partial charge in [0.25, 0.3) is 5.69 Å². The molecule has 1 heterocycles. The summed E-state index contributed by atoms with van der Waals surface area (Å²) in [5.41, 5.74) is 1.57. The van der Waals surface area contributed by atoms with Crippen LogP contribution in [0.15, 0.2) is 64.8 Å². The van der Waals surface area contributed by atoms with Gasteiger partial charge in [-0.25, -0.2) is 0 Å². The van der Waals surface area contributed by atoms with Gasteiger partial charge in [-0.2, -0.15) is 5.10 Å². The fraction of sp³-hybridized carbons (Fsp3) is 0.118. The zero-order valence-electron chi connectivity index (χ0n) is 13.1. The van der Waals surface area contributed by atoms with Crippen LogP contribution in [-0.2, 0) is 11.3 Å². The molecule has 0 atom stereocenters. The predicted molar refractivity (Wildman–Crippen MR) is 97.6 cm³/mol. The van der Waals surface area contributed by atoms with Crippen LogP contribution in [0, 0.1) is 10.1 Å². The van der Waals surface area contributed by atoms with Gasteiger partial charge in [0.15, 0.2) is 5.17 Å². The van der Waals surface area contributed by atoms with Crippen LogP contribution >= 0.6 is 11.8 Å². The highest BCUT2D eigenvalue weighted by Gasteiger charge is 2.28. The second-order valence-corrected chi connectivity index (χ2v) is 6.18. The molecular weight excluding hydrogens is 340 g/mol. The summed E-state index contributed by atoms with van der Waals surface area (Å²) in [5.74, 6) is 0.316. The first-order valence-electron chi connectivity index (χ1n) is 7.46. The maximum Gasteiger partial charge on any atom is 0.270 e. The molecule has 3 rings (SSSR count). The van der Waals surface area contributed by atoms with E-state index >= 15 is 0 Å². The molecule has 1 aliphatic heterocycles. The van der Waals surface area contributed by atoms with Gasteiger partial charge in [0.05, 0.1) is 23.4 Å². The second kappa shape index (κ2) is 7.71. The summed E-state index contributed by atoms with van der Waals surface area (Å²) in [6.07, 6.45) is 1.43. The molecule has 0 unspecified atom stereocenters. The lowest BCUT2D eigenvalue weighted by molar-refractivity contribution is -0.384. The average Bonchev–Trinajstić information content (AvgIpc) is 2.96. The molecular formula is C17H14N4O3S. The summed E-state index contributed by atoms with van der Waals surface area (Å²) >= 11 is 1.33. The van der Waals surface area contributed by atoms with E-state index in [1.54, 1.807) is 17.0 Å². The molecule has 25 heavy (non-hydrogen) atoms. The fourth-order valence-corrected chi connectivity index (χ4v) is 3.09. The molecule has 1 amide bonds. The lowest BCUT2D eigenvalue weighted by Crippen LogP contribution is -2.28. The molecule has 1 fully saturated rings. The van der Waals surface area contributed by atoms with E-state index in [2.05, 4.69) is 10.2 Å². The van der Waals surface area contributed by atoms with Crippen molar-refractivity contribution in [2.75, 3.05) is 5.75 Å². The van der Waals surface area contributed by atoms with Crippen LogP contribution in [0.4, 0.5) is 5.69 Å². The maximum absolute atomic E-state index is 12.0. The van der Waals surface area contributed by atoms with E-state index in [9.17, 15) is 14.9 Å². The molecule has 0 radical (unpaired) electrons. The second-order valence-electron chi connectivity index (χ2n) is 5.23. The maximum atomic E-state index is 12.0. The minimum Gasteiger partial charge on any atom is -0.285 e. The van der Waals surface area contributed by atoms with Gasteiger partial charge in [0.1, 0.15) is 0 Å². The molecule has 0 spiro atoms. The number of thioether (sulfide) groups is 1. The topological polar surface area (TPSA) is 88.2 Å². The summed E-state index contributed by atoms with van der Waals surface area (Å²) in [6, 6.07) is 15.8. The summed E-state index contributed by atoms with van der Waals surface area (Å²) < 4.78 is 0. The summed E-state index contributed by atoms with van der Waals surface area (Å²) in [5, 5.41) is 19.4. The van der Waals surface area contributed by atoms with Crippen molar-refractivity contribution < 1.29 is 9.72 Å². The molecule has 0 aliphatic carbocycles. The lowest BCUT2D eigenvalue weighted by atomic mass is 10.2. The Morgan fingerprint density at radius 2 is 2.00 bits per heavy atom. The summed E-state index contributed by atoms with van der Waals surface area (Å²) in [7, 11) is 0. The van der Waals surface area contributed by atoms with Crippen LogP contribution < -0.4 is 0 Å². The normalized spacial score (nSPS) is 16.1. The molecule has 0 N–H and O–H groups in total. The zero-order valence-corrected chi connectivity index (χ0v) is 13.9. The first-order chi connectivity index (χ1) is 12.1. The summed E-state index contributed by atoms with van der Waals surface area (Å²) in [6.45, 7) is 0.442. The monoisotopic (exact) mass is 354 g/mol. The van der Waals surface area contributed by atoms with Crippen molar-refractivity contribution in [1.29, 1.82) is 0 Å². The lowest BCUT2D eigenvalue weighted by Gasteiger charge is -2.14. The highest BCUT2D eigenvalue weighted by atomic mass is 32.2. The van der Waals surface area contributed by atoms with Crippen molar-refractivity contribution in [3.05, 3.63) is 75.8 Å². The SMILES string of the molecule is O=C1CS/C(=N\N=C\c2cccc([N+](=O)[O-])c2)N1Cc1ccccc1. The van der Waals surface area contributed by atoms with E-state index in [0.29, 0.717) is 23.0 Å². The Bertz CT molecular complexity index is 852. The molecule has 1 aliphatic rings. The van der Waals surface area contributed by atoms with E-state index < -0.39 is 4.92 Å². The third-order valence-electron chi connectivity index (χ3n) is 3.47. The Labute approximate surface area is 148 Å². The van der Waals surface area contributed by atoms with Gasteiger partial charge >= 0.3 is 0 Å². The van der Waals surface area contributed by atoms with Crippen LogP contribution in [0.2, 0.25) is 0 Å². The zero-order chi connectivity index (χ0) is 17.6. The number of nitrogens with zero attached hydrogens (tertiary/aromatic N) is 4. The Balaban J connectivity index is 1.74. The number of hydrogen-bond donors (Lipinski definition) is 0. The molecule has 0 aromatic heterocycles. The van der Waals surface area contributed by atoms with Crippen molar-refractivity contribution in [3.8, 4) is 0 Å². The molecule has 2 aromatic carbocycles. The van der Waals surface area contributed by atoms with E-state index in [4.69, 9.17) is 0 Å². The third kappa shape index (κ3) is 4.30. The standard InChI is InChI=1S/C17H14N4O3S/c22-16-12-25-17(20(16)11-13-5-2-1-3-6-13)19-18-10-14-7-4-8-15(9-14)21(23)24/h1-10H,11-12H2/b18-10+,19-17-. The fourth-order valence-electron chi connectivity index (χ4n) is 2.26. The average molecular weight is 354 g/mol. The largest absolute Gasteiger partial charge is 0.285 e. The van der Waals surface area contributed by atoms with Crippen molar-refractivity contribution in [2.45, 2.75) is 6.54 Å². The Kier molecular flexibility index (Phi) is 5.20. The van der Waals surface area contributed by atoms with E-state index in [1.807, 2.05) is 30.3 Å². The van der Waals surface area contributed by atoms with Gasteiger partial charge in [0.2, 0.25) is 5.91 Å². The van der Waals surface area contributed by atoms with Crippen LogP contribution in [0.5, 0.6) is 0 Å². The smallest absolute Gasteiger partial charge is 0.270 e. The van der Waals surface area contributed by atoms with Crippen LogP contribution in [-0.4, -0.2) is 32.9 Å². The van der Waals surface area contributed by atoms with Gasteiger partial charge in [-0.1, -0.05) is 54.2 Å². The van der Waals surface area contributed by atoms with Gasteiger partial charge in [-0.3, -0.25) is 19.8 Å². The van der Waals surface area contributed by atoms with Crippen molar-refractivity contribution >= 4 is 34.7 Å². The van der Waals surface area contributed by atoms with Crippen LogP contribution in [0.3, 0.4) is 0 Å². The quantitative estimate of drug-likeness (QED) is 0.469. The number of non-ortho nitro benzene ring substituents is 1. The van der Waals surface area contributed by atoms with E-state index in [-0.39, 0.29) is 11.6 Å². The highest BCUT2D eigenvalue weighted by Crippen LogP contribution is 2.22. The van der Waals surface area contributed by atoms with Crippen molar-refractivity contribution in [2.24, 2.45) is 10.2 Å². The van der Waals surface area contributed by atoms with Crippen LogP contribution in [0.25, 0.3) is 0 Å². The molecule has 7 nitrogen and oxygen atoms in total. The first kappa shape index (κ1) is 16.8. The van der Waals surface area contributed by atoms with Crippen molar-refractivity contribution in [1.82, 2.24) is 4.90 Å². The molecule has 1 saturated heterocycles. The number of rotatable bonds is 5. The number of nitro benzene ring substituents is 1. The van der Waals surface area contributed by atoms with Crippen molar-refractivity contribution in [3.63, 3.8) is 0 Å². The molecule has 8 heteroatoms. The van der Waals surface area contributed by atoms with Gasteiger partial charge < -0.3 is 0 Å². The van der Waals surface area contributed by atoms with Gasteiger partial charge in [0, 0.05) is 17.7 Å². The number of amidine groups is 1. The van der Waals surface area contributed by atoms with Crippen LogP contribution in [0.1, 0.15) is 11.1 Å². The predicted octanol–water partition coefficient (Wildman–Crippen LogP) is 3.06. The summed E-state index contributed by atoms with van der Waals surface area (Å²) in [4.78, 5) is 23.9. The number of carbonyl (C=O) groups excluding carboxylic acids is 1. The number of hydrogen-bond acceptors (Lipinski definition) is 6. The molecule has 0 bridgehead atoms. The first-order valence-corrected chi connectivity index (χ1v) is 8.44. The Morgan fingerprint density at radius 3 is 2.76 bits per heavy atom. The van der Waals surface area contributed by atoms with Gasteiger partial charge in [-0.15, -0.1) is 5.10 Å². The molecule has 2 aromatic rings. The number of nitro groups is 1. The van der Waals surface area contributed by atoms with E-state index in [0.717, 1.165) is 5.56 Å². The minimum atomic E-state index is -0.462.